The van der Waals surface area contributed by atoms with E-state index in [1.165, 1.54) is 34.9 Å². The van der Waals surface area contributed by atoms with E-state index in [4.69, 9.17) is 4.42 Å². The average Bonchev–Trinajstić information content (AvgIpc) is 3.57. The fourth-order valence-corrected chi connectivity index (χ4v) is 6.04. The Labute approximate surface area is 221 Å². The number of nitrogens with zero attached hydrogens (tertiary/aromatic N) is 3. The van der Waals surface area contributed by atoms with E-state index in [1.807, 2.05) is 6.07 Å². The first-order valence-corrected chi connectivity index (χ1v) is 13.3. The second-order valence-electron chi connectivity index (χ2n) is 7.90. The first-order chi connectivity index (χ1) is 17.3. The van der Waals surface area contributed by atoms with Crippen molar-refractivity contribution in [2.24, 2.45) is 0 Å². The van der Waals surface area contributed by atoms with Gasteiger partial charge in [0.1, 0.15) is 11.6 Å². The molecule has 1 aliphatic heterocycles. The smallest absolute Gasteiger partial charge is 0.296 e. The van der Waals surface area contributed by atoms with E-state index in [-0.39, 0.29) is 22.3 Å². The normalized spacial score (nSPS) is 15.7. The molecule has 11 heteroatoms. The van der Waals surface area contributed by atoms with Gasteiger partial charge in [0.05, 0.1) is 11.6 Å². The van der Waals surface area contributed by atoms with Gasteiger partial charge in [-0.25, -0.2) is 4.39 Å². The van der Waals surface area contributed by atoms with E-state index < -0.39 is 23.5 Å². The molecule has 0 saturated carbocycles. The van der Waals surface area contributed by atoms with Crippen molar-refractivity contribution in [1.29, 1.82) is 0 Å². The molecule has 7 nitrogen and oxygen atoms in total. The van der Waals surface area contributed by atoms with Crippen LogP contribution in [0.1, 0.15) is 33.5 Å². The van der Waals surface area contributed by atoms with Gasteiger partial charge in [0.2, 0.25) is 10.9 Å². The minimum atomic E-state index is -0.934. The molecule has 1 atom stereocenters. The number of benzene rings is 2. The molecule has 1 aliphatic rings. The molecule has 1 unspecified atom stereocenters. The fourth-order valence-electron chi connectivity index (χ4n) is 3.80. The summed E-state index contributed by atoms with van der Waals surface area (Å²) >= 11 is 5.98. The van der Waals surface area contributed by atoms with Gasteiger partial charge in [-0.1, -0.05) is 63.3 Å². The van der Waals surface area contributed by atoms with Gasteiger partial charge in [0, 0.05) is 10.2 Å². The molecule has 36 heavy (non-hydrogen) atoms. The second-order valence-corrected chi connectivity index (χ2v) is 11.0. The molecule has 3 heterocycles. The van der Waals surface area contributed by atoms with Crippen LogP contribution in [0.2, 0.25) is 0 Å². The van der Waals surface area contributed by atoms with Crippen LogP contribution in [0.3, 0.4) is 0 Å². The predicted molar refractivity (Wildman–Crippen MR) is 138 cm³/mol. The Bertz CT molecular complexity index is 1500. The molecular weight excluding hydrogens is 569 g/mol. The number of carbonyl (C=O) groups excluding carboxylic acids is 2. The van der Waals surface area contributed by atoms with E-state index in [2.05, 4.69) is 26.1 Å². The second kappa shape index (κ2) is 10.00. The molecule has 5 rings (SSSR count). The summed E-state index contributed by atoms with van der Waals surface area (Å²) < 4.78 is 20.0. The van der Waals surface area contributed by atoms with Gasteiger partial charge in [-0.2, -0.15) is 0 Å². The molecular formula is C25H17BrFN3O4S2. The van der Waals surface area contributed by atoms with Crippen LogP contribution < -0.4 is 4.90 Å². The van der Waals surface area contributed by atoms with Crippen molar-refractivity contribution in [3.05, 3.63) is 105 Å². The van der Waals surface area contributed by atoms with Gasteiger partial charge in [0.15, 0.2) is 15.9 Å². The number of aryl methyl sites for hydroxylation is 1. The summed E-state index contributed by atoms with van der Waals surface area (Å²) in [5.74, 6) is -1.22. The van der Waals surface area contributed by atoms with Gasteiger partial charge in [0.25, 0.3) is 5.91 Å². The van der Waals surface area contributed by atoms with Crippen LogP contribution >= 0.6 is 39.0 Å². The van der Waals surface area contributed by atoms with Crippen LogP contribution in [0.5, 0.6) is 0 Å². The molecule has 182 valence electrons. The van der Waals surface area contributed by atoms with E-state index in [1.54, 1.807) is 43.3 Å². The lowest BCUT2D eigenvalue weighted by atomic mass is 9.95. The number of halogens is 2. The Morgan fingerprint density at radius 1 is 1.19 bits per heavy atom. The summed E-state index contributed by atoms with van der Waals surface area (Å²) in [5, 5.41) is 19.4. The highest BCUT2D eigenvalue weighted by molar-refractivity contribution is 9.10. The minimum Gasteiger partial charge on any atom is -0.503 e. The monoisotopic (exact) mass is 585 g/mol. The van der Waals surface area contributed by atoms with Crippen LogP contribution in [0.15, 0.2) is 85.2 Å². The molecule has 2 aromatic heterocycles. The lowest BCUT2D eigenvalue weighted by molar-refractivity contribution is -0.117. The van der Waals surface area contributed by atoms with Crippen molar-refractivity contribution in [3.63, 3.8) is 0 Å². The first kappa shape index (κ1) is 24.4. The molecule has 1 amide bonds. The van der Waals surface area contributed by atoms with Gasteiger partial charge >= 0.3 is 0 Å². The predicted octanol–water partition coefficient (Wildman–Crippen LogP) is 6.42. The number of thioether (sulfide) groups is 1. The van der Waals surface area contributed by atoms with Crippen molar-refractivity contribution in [2.45, 2.75) is 23.1 Å². The average molecular weight is 586 g/mol. The molecule has 0 radical (unpaired) electrons. The summed E-state index contributed by atoms with van der Waals surface area (Å²) in [5.41, 5.74) is 1.41. The van der Waals surface area contributed by atoms with E-state index >= 15 is 0 Å². The van der Waals surface area contributed by atoms with Gasteiger partial charge < -0.3 is 9.52 Å². The van der Waals surface area contributed by atoms with Crippen LogP contribution in [0.4, 0.5) is 9.52 Å². The maximum absolute atomic E-state index is 13.4. The van der Waals surface area contributed by atoms with Crippen LogP contribution in [0.25, 0.3) is 0 Å². The minimum absolute atomic E-state index is 0.0245. The SMILES string of the molecule is Cc1ccc(C(=O)C2=C(O)C(=O)N(c3nnc(SCc4ccc(F)cc4)s3)C2c2cccc(Br)c2)o1. The largest absolute Gasteiger partial charge is 0.503 e. The third kappa shape index (κ3) is 4.73. The number of aliphatic hydroxyl groups is 1. The van der Waals surface area contributed by atoms with Gasteiger partial charge in [-0.15, -0.1) is 10.2 Å². The van der Waals surface area contributed by atoms with Crippen molar-refractivity contribution in [2.75, 3.05) is 4.90 Å². The molecule has 4 aromatic rings. The third-order valence-corrected chi connectivity index (χ3v) is 8.08. The topological polar surface area (TPSA) is 96.5 Å². The number of furan rings is 1. The summed E-state index contributed by atoms with van der Waals surface area (Å²) in [6.07, 6.45) is 0. The number of amides is 1. The zero-order chi connectivity index (χ0) is 25.4. The quantitative estimate of drug-likeness (QED) is 0.152. The van der Waals surface area contributed by atoms with Crippen molar-refractivity contribution in [1.82, 2.24) is 10.2 Å². The molecule has 0 aliphatic carbocycles. The lowest BCUT2D eigenvalue weighted by Crippen LogP contribution is -2.31. The van der Waals surface area contributed by atoms with Crippen molar-refractivity contribution >= 4 is 55.9 Å². The van der Waals surface area contributed by atoms with Crippen LogP contribution in [-0.2, 0) is 10.5 Å². The molecule has 0 bridgehead atoms. The zero-order valence-electron chi connectivity index (χ0n) is 18.6. The number of rotatable bonds is 7. The molecule has 1 N–H and O–H groups in total. The van der Waals surface area contributed by atoms with Crippen LogP contribution in [0, 0.1) is 12.7 Å². The van der Waals surface area contributed by atoms with E-state index in [0.29, 0.717) is 21.4 Å². The molecule has 0 saturated heterocycles. The van der Waals surface area contributed by atoms with Crippen LogP contribution in [-0.4, -0.2) is 27.0 Å². The maximum atomic E-state index is 13.4. The first-order valence-electron chi connectivity index (χ1n) is 10.7. The van der Waals surface area contributed by atoms with E-state index in [9.17, 15) is 19.1 Å². The Hall–Kier alpha value is -3.28. The van der Waals surface area contributed by atoms with Crippen molar-refractivity contribution < 1.29 is 23.5 Å². The van der Waals surface area contributed by atoms with Gasteiger partial charge in [-0.3, -0.25) is 14.5 Å². The summed E-state index contributed by atoms with van der Waals surface area (Å²) in [6, 6.07) is 15.5. The Morgan fingerprint density at radius 3 is 2.67 bits per heavy atom. The van der Waals surface area contributed by atoms with E-state index in [0.717, 1.165) is 21.4 Å². The third-order valence-electron chi connectivity index (χ3n) is 5.46. The Kier molecular flexibility index (Phi) is 6.78. The number of Topliss-reactive ketones (excluding diaryl/α,β-unsaturated/α-hetero) is 1. The molecule has 0 spiro atoms. The summed E-state index contributed by atoms with van der Waals surface area (Å²) in [4.78, 5) is 27.9. The number of aliphatic hydroxyl groups excluding tert-OH is 1. The standard InChI is InChI=1S/C25H17BrFN3O4S2/c1-13-5-10-18(34-13)21(31)19-20(15-3-2-4-16(26)11-15)30(23(33)22(19)32)24-28-29-25(36-24)35-12-14-6-8-17(27)9-7-14/h2-11,20,32H,12H2,1H3. The zero-order valence-corrected chi connectivity index (χ0v) is 21.9. The van der Waals surface area contributed by atoms with Crippen molar-refractivity contribution in [3.8, 4) is 0 Å². The van der Waals surface area contributed by atoms with Gasteiger partial charge in [-0.05, 0) is 54.4 Å². The summed E-state index contributed by atoms with van der Waals surface area (Å²) in [6.45, 7) is 1.70. The number of hydrogen-bond acceptors (Lipinski definition) is 8. The molecule has 0 fully saturated rings. The Balaban J connectivity index is 1.49. The number of anilines is 1. The highest BCUT2D eigenvalue weighted by Crippen LogP contribution is 2.44. The fraction of sp³-hybridized carbons (Fsp3) is 0.120. The lowest BCUT2D eigenvalue weighted by Gasteiger charge is -2.24. The highest BCUT2D eigenvalue weighted by atomic mass is 79.9. The number of ketones is 1. The number of hydrogen-bond donors (Lipinski definition) is 1. The highest BCUT2D eigenvalue weighted by Gasteiger charge is 2.46. The number of aromatic nitrogens is 2. The summed E-state index contributed by atoms with van der Waals surface area (Å²) in [7, 11) is 0. The Morgan fingerprint density at radius 2 is 1.97 bits per heavy atom. The number of carbonyl (C=O) groups is 2. The molecule has 2 aromatic carbocycles. The maximum Gasteiger partial charge on any atom is 0.296 e.